The average Bonchev–Trinajstić information content (AvgIpc) is 3.02. The first-order valence-electron chi connectivity index (χ1n) is 14.9. The summed E-state index contributed by atoms with van der Waals surface area (Å²) >= 11 is 19.2. The zero-order valence-electron chi connectivity index (χ0n) is 25.6. The van der Waals surface area contributed by atoms with Crippen molar-refractivity contribution < 1.29 is 18.0 Å². The van der Waals surface area contributed by atoms with E-state index in [1.807, 2.05) is 44.2 Å². The summed E-state index contributed by atoms with van der Waals surface area (Å²) in [6.45, 7) is 3.63. The molecule has 242 valence electrons. The number of nitrogens with zero attached hydrogens (tertiary/aromatic N) is 2. The van der Waals surface area contributed by atoms with Crippen molar-refractivity contribution in [2.45, 2.75) is 50.6 Å². The quantitative estimate of drug-likeness (QED) is 0.137. The Bertz CT molecular complexity index is 1730. The van der Waals surface area contributed by atoms with E-state index >= 15 is 0 Å². The number of hydrogen-bond acceptors (Lipinski definition) is 4. The van der Waals surface area contributed by atoms with Crippen LogP contribution in [0.25, 0.3) is 0 Å². The third kappa shape index (κ3) is 9.26. The van der Waals surface area contributed by atoms with Crippen LogP contribution in [0.1, 0.15) is 36.5 Å². The van der Waals surface area contributed by atoms with E-state index < -0.39 is 28.5 Å². The van der Waals surface area contributed by atoms with Crippen molar-refractivity contribution in [2.24, 2.45) is 0 Å². The molecular weight excluding hydrogens is 665 g/mol. The molecule has 0 spiro atoms. The number of carbonyl (C=O) groups is 2. The van der Waals surface area contributed by atoms with Crippen LogP contribution in [0.5, 0.6) is 0 Å². The molecule has 0 saturated carbocycles. The van der Waals surface area contributed by atoms with E-state index in [0.29, 0.717) is 17.1 Å². The fourth-order valence-corrected chi connectivity index (χ4v) is 7.03. The van der Waals surface area contributed by atoms with Crippen molar-refractivity contribution in [1.29, 1.82) is 0 Å². The number of carbonyl (C=O) groups excluding carboxylic acids is 2. The van der Waals surface area contributed by atoms with Crippen LogP contribution in [0, 0.1) is 6.92 Å². The number of amides is 2. The Morgan fingerprint density at radius 1 is 0.848 bits per heavy atom. The predicted octanol–water partition coefficient (Wildman–Crippen LogP) is 7.71. The number of sulfonamides is 1. The molecule has 7 nitrogen and oxygen atoms in total. The molecule has 0 fully saturated rings. The van der Waals surface area contributed by atoms with Crippen molar-refractivity contribution in [3.63, 3.8) is 0 Å². The zero-order valence-corrected chi connectivity index (χ0v) is 28.7. The van der Waals surface area contributed by atoms with E-state index in [0.717, 1.165) is 28.3 Å². The van der Waals surface area contributed by atoms with Crippen molar-refractivity contribution in [1.82, 2.24) is 10.2 Å². The fourth-order valence-electron chi connectivity index (χ4n) is 4.92. The summed E-state index contributed by atoms with van der Waals surface area (Å²) in [5.74, 6) is -0.963. The number of nitrogens with one attached hydrogen (secondary N) is 1. The number of unbranched alkanes of at least 4 members (excludes halogenated alkanes) is 1. The van der Waals surface area contributed by atoms with Gasteiger partial charge in [-0.1, -0.05) is 114 Å². The minimum atomic E-state index is -4.29. The maximum absolute atomic E-state index is 14.5. The summed E-state index contributed by atoms with van der Waals surface area (Å²) in [4.78, 5) is 29.8. The number of halogens is 3. The molecule has 46 heavy (non-hydrogen) atoms. The van der Waals surface area contributed by atoms with Crippen molar-refractivity contribution in [3.05, 3.63) is 129 Å². The van der Waals surface area contributed by atoms with Gasteiger partial charge in [-0.3, -0.25) is 13.9 Å². The minimum Gasteiger partial charge on any atom is -0.354 e. The molecule has 1 atom stereocenters. The first kappa shape index (κ1) is 35.3. The molecule has 0 radical (unpaired) electrons. The van der Waals surface area contributed by atoms with Crippen molar-refractivity contribution in [3.8, 4) is 0 Å². The number of hydrogen-bond donors (Lipinski definition) is 1. The molecule has 0 unspecified atom stereocenters. The predicted molar refractivity (Wildman–Crippen MR) is 186 cm³/mol. The Labute approximate surface area is 286 Å². The highest BCUT2D eigenvalue weighted by atomic mass is 35.5. The Balaban J connectivity index is 1.82. The van der Waals surface area contributed by atoms with Gasteiger partial charge in [-0.25, -0.2) is 8.42 Å². The number of benzene rings is 4. The molecule has 4 aromatic rings. The van der Waals surface area contributed by atoms with Gasteiger partial charge in [0.1, 0.15) is 12.6 Å². The number of aryl methyl sites for hydroxylation is 1. The van der Waals surface area contributed by atoms with E-state index in [1.165, 1.54) is 35.2 Å². The summed E-state index contributed by atoms with van der Waals surface area (Å²) < 4.78 is 29.3. The van der Waals surface area contributed by atoms with Gasteiger partial charge in [0.15, 0.2) is 0 Å². The Kier molecular flexibility index (Phi) is 12.5. The van der Waals surface area contributed by atoms with Gasteiger partial charge in [0.2, 0.25) is 11.8 Å². The first-order chi connectivity index (χ1) is 22.0. The van der Waals surface area contributed by atoms with Gasteiger partial charge in [0, 0.05) is 34.6 Å². The lowest BCUT2D eigenvalue weighted by Crippen LogP contribution is -2.53. The summed E-state index contributed by atoms with van der Waals surface area (Å²) in [5.41, 5.74) is 2.42. The van der Waals surface area contributed by atoms with E-state index in [2.05, 4.69) is 5.32 Å². The van der Waals surface area contributed by atoms with Gasteiger partial charge in [0.25, 0.3) is 10.0 Å². The molecular formula is C35H36Cl3N3O4S. The smallest absolute Gasteiger partial charge is 0.264 e. The van der Waals surface area contributed by atoms with Crippen LogP contribution in [0.15, 0.2) is 102 Å². The largest absolute Gasteiger partial charge is 0.354 e. The lowest BCUT2D eigenvalue weighted by atomic mass is 10.0. The van der Waals surface area contributed by atoms with Gasteiger partial charge in [-0.15, -0.1) is 0 Å². The molecule has 4 aromatic carbocycles. The summed E-state index contributed by atoms with van der Waals surface area (Å²) in [5, 5.41) is 3.78. The van der Waals surface area contributed by atoms with Gasteiger partial charge in [-0.2, -0.15) is 0 Å². The standard InChI is InChI=1S/C35H36Cl3N3O4S/c1-3-4-18-39-35(43)33(19-26-10-6-5-7-11-26)40(23-27-12-8-9-13-32(27)38)34(42)24-41(30-21-28(36)20-29(37)22-30)46(44,45)31-16-14-25(2)15-17-31/h5-17,20-22,33H,3-4,18-19,23-24H2,1-2H3,(H,39,43)/t33-/m0/s1. The number of rotatable bonds is 14. The summed E-state index contributed by atoms with van der Waals surface area (Å²) in [6.07, 6.45) is 1.84. The molecule has 4 rings (SSSR count). The molecule has 0 aromatic heterocycles. The molecule has 0 aliphatic carbocycles. The third-order valence-electron chi connectivity index (χ3n) is 7.42. The average molecular weight is 701 g/mol. The summed E-state index contributed by atoms with van der Waals surface area (Å²) in [6, 6.07) is 26.1. The van der Waals surface area contributed by atoms with Gasteiger partial charge in [-0.05, 0) is 60.9 Å². The van der Waals surface area contributed by atoms with E-state index in [-0.39, 0.29) is 39.5 Å². The lowest BCUT2D eigenvalue weighted by Gasteiger charge is -2.34. The molecule has 2 amide bonds. The normalized spacial score (nSPS) is 11.9. The van der Waals surface area contributed by atoms with E-state index in [1.54, 1.807) is 36.4 Å². The minimum absolute atomic E-state index is 0.0159. The Morgan fingerprint density at radius 2 is 1.48 bits per heavy atom. The lowest BCUT2D eigenvalue weighted by molar-refractivity contribution is -0.140. The Hall–Kier alpha value is -3.56. The fraction of sp³-hybridized carbons (Fsp3) is 0.257. The van der Waals surface area contributed by atoms with E-state index in [9.17, 15) is 18.0 Å². The molecule has 0 aliphatic rings. The topological polar surface area (TPSA) is 86.8 Å². The third-order valence-corrected chi connectivity index (χ3v) is 10.0. The number of anilines is 1. The second-order valence-electron chi connectivity index (χ2n) is 10.9. The monoisotopic (exact) mass is 699 g/mol. The van der Waals surface area contributed by atoms with Crippen LogP contribution in [0.3, 0.4) is 0 Å². The molecule has 11 heteroatoms. The van der Waals surface area contributed by atoms with Gasteiger partial charge in [0.05, 0.1) is 10.6 Å². The van der Waals surface area contributed by atoms with Crippen LogP contribution in [-0.4, -0.2) is 44.3 Å². The van der Waals surface area contributed by atoms with E-state index in [4.69, 9.17) is 34.8 Å². The van der Waals surface area contributed by atoms with Gasteiger partial charge >= 0.3 is 0 Å². The van der Waals surface area contributed by atoms with Crippen LogP contribution in [-0.2, 0) is 32.6 Å². The van der Waals surface area contributed by atoms with Crippen molar-refractivity contribution >= 4 is 62.3 Å². The zero-order chi connectivity index (χ0) is 33.3. The van der Waals surface area contributed by atoms with Crippen molar-refractivity contribution in [2.75, 3.05) is 17.4 Å². The van der Waals surface area contributed by atoms with Crippen LogP contribution < -0.4 is 9.62 Å². The molecule has 0 bridgehead atoms. The maximum atomic E-state index is 14.5. The molecule has 0 aliphatic heterocycles. The molecule has 1 N–H and O–H groups in total. The van der Waals surface area contributed by atoms with Crippen LogP contribution in [0.4, 0.5) is 5.69 Å². The maximum Gasteiger partial charge on any atom is 0.264 e. The Morgan fingerprint density at radius 3 is 2.11 bits per heavy atom. The highest BCUT2D eigenvalue weighted by Gasteiger charge is 2.35. The second kappa shape index (κ2) is 16.3. The SMILES string of the molecule is CCCCNC(=O)[C@H](Cc1ccccc1)N(Cc1ccccc1Cl)C(=O)CN(c1cc(Cl)cc(Cl)c1)S(=O)(=O)c1ccc(C)cc1. The first-order valence-corrected chi connectivity index (χ1v) is 17.5. The highest BCUT2D eigenvalue weighted by molar-refractivity contribution is 7.92. The highest BCUT2D eigenvalue weighted by Crippen LogP contribution is 2.31. The van der Waals surface area contributed by atoms with Crippen LogP contribution in [0.2, 0.25) is 15.1 Å². The summed E-state index contributed by atoms with van der Waals surface area (Å²) in [7, 11) is -4.29. The van der Waals surface area contributed by atoms with Gasteiger partial charge < -0.3 is 10.2 Å². The molecule has 0 saturated heterocycles. The molecule has 0 heterocycles. The van der Waals surface area contributed by atoms with Crippen LogP contribution >= 0.6 is 34.8 Å². The second-order valence-corrected chi connectivity index (χ2v) is 14.1.